The molecule has 11 heteroatoms. The summed E-state index contributed by atoms with van der Waals surface area (Å²) < 4.78 is 30.9. The molecule has 2 aromatic heterocycles. The van der Waals surface area contributed by atoms with Gasteiger partial charge in [-0.05, 0) is 56.0 Å². The van der Waals surface area contributed by atoms with Crippen LogP contribution in [-0.2, 0) is 11.2 Å². The predicted octanol–water partition coefficient (Wildman–Crippen LogP) is 4.18. The Kier molecular flexibility index (Phi) is 9.57. The van der Waals surface area contributed by atoms with Gasteiger partial charge in [0.05, 0.1) is 18.4 Å². The number of carbonyl (C=O) groups is 2. The largest absolute Gasteiger partial charge is 0.493 e. The molecule has 1 atom stereocenters. The number of aromatic nitrogens is 2. The Morgan fingerprint density at radius 1 is 1.18 bits per heavy atom. The number of ether oxygens (including phenoxy) is 1. The average molecular weight is 556 g/mol. The molecule has 3 heterocycles. The Labute approximate surface area is 233 Å². The fourth-order valence-electron chi connectivity index (χ4n) is 4.56. The van der Waals surface area contributed by atoms with Crippen molar-refractivity contribution in [1.82, 2.24) is 25.3 Å². The molecule has 0 spiro atoms. The number of nitrogens with one attached hydrogen (secondary N) is 1. The highest BCUT2D eigenvalue weighted by Crippen LogP contribution is 2.26. The van der Waals surface area contributed by atoms with Crippen LogP contribution >= 0.6 is 0 Å². The quantitative estimate of drug-likeness (QED) is 0.371. The molecule has 1 fully saturated rings. The van der Waals surface area contributed by atoms with Gasteiger partial charge in [0.25, 0.3) is 5.91 Å². The number of hydrogen-bond acceptors (Lipinski definition) is 8. The standard InChI is InChI=1S/C29H38FN5O5/c1-20(31-27(36)24-8-5-16-39-24)28(37)35-13-6-11-34(14-15-35)12-7-17-38-21-9-10-22(23(30)18-21)26-32-25(40-33-26)19-29(2,3)4/h5,8-10,16,18,20H,6-7,11-15,17,19H2,1-4H3,(H,31,36)/t20-/m0/s1. The van der Waals surface area contributed by atoms with Gasteiger partial charge in [-0.3, -0.25) is 9.59 Å². The summed E-state index contributed by atoms with van der Waals surface area (Å²) in [4.78, 5) is 33.5. The summed E-state index contributed by atoms with van der Waals surface area (Å²) >= 11 is 0. The number of rotatable bonds is 10. The van der Waals surface area contributed by atoms with Crippen LogP contribution in [0.4, 0.5) is 4.39 Å². The third-order valence-corrected chi connectivity index (χ3v) is 6.58. The van der Waals surface area contributed by atoms with Crippen LogP contribution in [0, 0.1) is 11.2 Å². The van der Waals surface area contributed by atoms with Crippen molar-refractivity contribution >= 4 is 11.8 Å². The SMILES string of the molecule is C[C@H](NC(=O)c1ccco1)C(=O)N1CCCN(CCCOc2ccc(-c3noc(CC(C)(C)C)n3)c(F)c2)CC1. The zero-order chi connectivity index (χ0) is 28.7. The second-order valence-electron chi connectivity index (χ2n) is 11.3. The Morgan fingerprint density at radius 3 is 2.73 bits per heavy atom. The Morgan fingerprint density at radius 2 is 2.00 bits per heavy atom. The number of hydrogen-bond donors (Lipinski definition) is 1. The number of furan rings is 1. The van der Waals surface area contributed by atoms with Gasteiger partial charge >= 0.3 is 0 Å². The number of carbonyl (C=O) groups excluding carboxylic acids is 2. The summed E-state index contributed by atoms with van der Waals surface area (Å²) in [6, 6.07) is 7.20. The predicted molar refractivity (Wildman–Crippen MR) is 146 cm³/mol. The molecule has 216 valence electrons. The highest BCUT2D eigenvalue weighted by molar-refractivity contribution is 5.95. The van der Waals surface area contributed by atoms with Crippen LogP contribution in [0.15, 0.2) is 45.5 Å². The van der Waals surface area contributed by atoms with E-state index in [2.05, 4.69) is 41.1 Å². The maximum Gasteiger partial charge on any atom is 0.287 e. The lowest BCUT2D eigenvalue weighted by atomic mass is 9.92. The van der Waals surface area contributed by atoms with E-state index in [-0.39, 0.29) is 28.5 Å². The molecular weight excluding hydrogens is 517 g/mol. The van der Waals surface area contributed by atoms with E-state index in [1.807, 2.05) is 0 Å². The monoisotopic (exact) mass is 555 g/mol. The fourth-order valence-corrected chi connectivity index (χ4v) is 4.56. The summed E-state index contributed by atoms with van der Waals surface area (Å²) in [5.74, 6) is 0.352. The summed E-state index contributed by atoms with van der Waals surface area (Å²) in [6.07, 6.45) is 3.63. The summed E-state index contributed by atoms with van der Waals surface area (Å²) in [5, 5.41) is 6.63. The van der Waals surface area contributed by atoms with E-state index in [0.717, 1.165) is 32.5 Å². The van der Waals surface area contributed by atoms with Crippen molar-refractivity contribution in [2.45, 2.75) is 53.0 Å². The molecule has 1 aliphatic heterocycles. The average Bonchev–Trinajstić information content (AvgIpc) is 3.54. The van der Waals surface area contributed by atoms with Crippen molar-refractivity contribution in [3.05, 3.63) is 54.1 Å². The molecule has 0 unspecified atom stereocenters. The van der Waals surface area contributed by atoms with Crippen LogP contribution < -0.4 is 10.1 Å². The molecule has 1 saturated heterocycles. The molecule has 40 heavy (non-hydrogen) atoms. The zero-order valence-corrected chi connectivity index (χ0v) is 23.6. The highest BCUT2D eigenvalue weighted by atomic mass is 19.1. The minimum absolute atomic E-state index is 0.0110. The molecule has 2 amide bonds. The molecule has 0 radical (unpaired) electrons. The maximum atomic E-state index is 14.8. The summed E-state index contributed by atoms with van der Waals surface area (Å²) in [7, 11) is 0. The van der Waals surface area contributed by atoms with Crippen LogP contribution in [0.2, 0.25) is 0 Å². The molecule has 3 aromatic rings. The van der Waals surface area contributed by atoms with E-state index in [1.54, 1.807) is 36.1 Å². The second-order valence-corrected chi connectivity index (χ2v) is 11.3. The van der Waals surface area contributed by atoms with Crippen molar-refractivity contribution in [3.8, 4) is 17.1 Å². The van der Waals surface area contributed by atoms with E-state index in [4.69, 9.17) is 13.7 Å². The van der Waals surface area contributed by atoms with Gasteiger partial charge < -0.3 is 28.8 Å². The number of amides is 2. The zero-order valence-electron chi connectivity index (χ0n) is 23.6. The minimum Gasteiger partial charge on any atom is -0.493 e. The van der Waals surface area contributed by atoms with E-state index in [0.29, 0.717) is 37.8 Å². The number of halogens is 1. The van der Waals surface area contributed by atoms with Crippen molar-refractivity contribution in [1.29, 1.82) is 0 Å². The summed E-state index contributed by atoms with van der Waals surface area (Å²) in [5.41, 5.74) is 0.262. The molecule has 1 N–H and O–H groups in total. The van der Waals surface area contributed by atoms with Gasteiger partial charge in [-0.1, -0.05) is 25.9 Å². The number of nitrogens with zero attached hydrogens (tertiary/aromatic N) is 4. The fraction of sp³-hybridized carbons (Fsp3) is 0.517. The van der Waals surface area contributed by atoms with E-state index in [1.165, 1.54) is 12.3 Å². The lowest BCUT2D eigenvalue weighted by Gasteiger charge is -2.25. The first-order chi connectivity index (χ1) is 19.1. The molecular formula is C29H38FN5O5. The highest BCUT2D eigenvalue weighted by Gasteiger charge is 2.25. The van der Waals surface area contributed by atoms with E-state index < -0.39 is 17.8 Å². The van der Waals surface area contributed by atoms with Crippen LogP contribution in [0.1, 0.15) is 57.0 Å². The summed E-state index contributed by atoms with van der Waals surface area (Å²) in [6.45, 7) is 11.9. The van der Waals surface area contributed by atoms with Gasteiger partial charge in [-0.2, -0.15) is 4.98 Å². The van der Waals surface area contributed by atoms with Crippen LogP contribution in [0.5, 0.6) is 5.75 Å². The Bertz CT molecular complexity index is 1270. The Hall–Kier alpha value is -3.73. The van der Waals surface area contributed by atoms with Gasteiger partial charge in [0.15, 0.2) is 5.76 Å². The van der Waals surface area contributed by atoms with Crippen LogP contribution in [-0.4, -0.2) is 77.1 Å². The van der Waals surface area contributed by atoms with Crippen LogP contribution in [0.3, 0.4) is 0 Å². The molecule has 0 saturated carbocycles. The van der Waals surface area contributed by atoms with Crippen molar-refractivity contribution < 1.29 is 27.7 Å². The number of benzene rings is 1. The van der Waals surface area contributed by atoms with Gasteiger partial charge in [-0.15, -0.1) is 0 Å². The third-order valence-electron chi connectivity index (χ3n) is 6.58. The van der Waals surface area contributed by atoms with E-state index in [9.17, 15) is 14.0 Å². The van der Waals surface area contributed by atoms with E-state index >= 15 is 0 Å². The van der Waals surface area contributed by atoms with Crippen molar-refractivity contribution in [2.24, 2.45) is 5.41 Å². The van der Waals surface area contributed by atoms with Crippen molar-refractivity contribution in [2.75, 3.05) is 39.3 Å². The van der Waals surface area contributed by atoms with Gasteiger partial charge in [-0.25, -0.2) is 4.39 Å². The van der Waals surface area contributed by atoms with Crippen LogP contribution in [0.25, 0.3) is 11.4 Å². The minimum atomic E-state index is -0.644. The van der Waals surface area contributed by atoms with Gasteiger partial charge in [0.1, 0.15) is 17.6 Å². The molecule has 0 bridgehead atoms. The second kappa shape index (κ2) is 13.1. The molecule has 4 rings (SSSR count). The first-order valence-corrected chi connectivity index (χ1v) is 13.7. The van der Waals surface area contributed by atoms with Gasteiger partial charge in [0.2, 0.25) is 17.6 Å². The molecule has 0 aliphatic carbocycles. The molecule has 10 nitrogen and oxygen atoms in total. The van der Waals surface area contributed by atoms with Crippen molar-refractivity contribution in [3.63, 3.8) is 0 Å². The van der Waals surface area contributed by atoms with Gasteiger partial charge in [0, 0.05) is 38.7 Å². The molecule has 1 aromatic carbocycles. The topological polar surface area (TPSA) is 114 Å². The lowest BCUT2D eigenvalue weighted by Crippen LogP contribution is -2.48. The first kappa shape index (κ1) is 29.3. The maximum absolute atomic E-state index is 14.8. The normalized spacial score (nSPS) is 15.5. The molecule has 1 aliphatic rings. The third kappa shape index (κ3) is 8.14. The smallest absolute Gasteiger partial charge is 0.287 e. The lowest BCUT2D eigenvalue weighted by molar-refractivity contribution is -0.132. The Balaban J connectivity index is 1.19. The first-order valence-electron chi connectivity index (χ1n) is 13.7.